The van der Waals surface area contributed by atoms with E-state index in [-0.39, 0.29) is 5.82 Å². The predicted octanol–water partition coefficient (Wildman–Crippen LogP) is 2.12. The molecule has 0 saturated carbocycles. The lowest BCUT2D eigenvalue weighted by molar-refractivity contribution is 0.639. The lowest BCUT2D eigenvalue weighted by atomic mass is 10.1. The number of rotatable bonds is 2. The van der Waals surface area contributed by atoms with Crippen LogP contribution in [-0.2, 0) is 6.42 Å². The Labute approximate surface area is 81.9 Å². The second-order valence-electron chi connectivity index (χ2n) is 3.43. The highest BCUT2D eigenvalue weighted by Crippen LogP contribution is 2.24. The standard InChI is InChI=1S/C11H13FN2/c1-7-8(5-6-13)11-9(12)3-2-4-10(11)14-7/h2-4,14H,5-6,13H2,1H3. The van der Waals surface area contributed by atoms with Gasteiger partial charge in [-0.15, -0.1) is 0 Å². The molecule has 0 aliphatic rings. The Morgan fingerprint density at radius 3 is 2.93 bits per heavy atom. The third kappa shape index (κ3) is 1.30. The summed E-state index contributed by atoms with van der Waals surface area (Å²) in [6.45, 7) is 2.49. The summed E-state index contributed by atoms with van der Waals surface area (Å²) in [6, 6.07) is 5.07. The molecule has 0 bridgehead atoms. The van der Waals surface area contributed by atoms with Gasteiger partial charge in [0.15, 0.2) is 0 Å². The third-order valence-corrected chi connectivity index (χ3v) is 2.48. The van der Waals surface area contributed by atoms with E-state index in [1.54, 1.807) is 6.07 Å². The van der Waals surface area contributed by atoms with Gasteiger partial charge in [-0.2, -0.15) is 0 Å². The number of benzene rings is 1. The van der Waals surface area contributed by atoms with Crippen molar-refractivity contribution in [1.82, 2.24) is 4.98 Å². The largest absolute Gasteiger partial charge is 0.358 e. The van der Waals surface area contributed by atoms with Gasteiger partial charge in [-0.25, -0.2) is 4.39 Å². The van der Waals surface area contributed by atoms with Crippen molar-refractivity contribution < 1.29 is 4.39 Å². The fourth-order valence-corrected chi connectivity index (χ4v) is 1.86. The first-order valence-electron chi connectivity index (χ1n) is 4.69. The van der Waals surface area contributed by atoms with Crippen LogP contribution in [0.25, 0.3) is 10.9 Å². The van der Waals surface area contributed by atoms with Gasteiger partial charge in [0.2, 0.25) is 0 Å². The lowest BCUT2D eigenvalue weighted by Crippen LogP contribution is -2.03. The van der Waals surface area contributed by atoms with Gasteiger partial charge >= 0.3 is 0 Å². The summed E-state index contributed by atoms with van der Waals surface area (Å²) in [7, 11) is 0. The van der Waals surface area contributed by atoms with Crippen LogP contribution >= 0.6 is 0 Å². The molecule has 2 rings (SSSR count). The molecule has 0 fully saturated rings. The molecule has 0 amide bonds. The Morgan fingerprint density at radius 2 is 2.21 bits per heavy atom. The zero-order valence-corrected chi connectivity index (χ0v) is 8.10. The van der Waals surface area contributed by atoms with Crippen LogP contribution in [0.5, 0.6) is 0 Å². The normalized spacial score (nSPS) is 11.1. The number of nitrogens with two attached hydrogens (primary N) is 1. The van der Waals surface area contributed by atoms with Crippen LogP contribution in [0.1, 0.15) is 11.3 Å². The van der Waals surface area contributed by atoms with Crippen LogP contribution in [-0.4, -0.2) is 11.5 Å². The first kappa shape index (κ1) is 9.21. The number of fused-ring (bicyclic) bond motifs is 1. The molecule has 0 saturated heterocycles. The number of aromatic nitrogens is 1. The van der Waals surface area contributed by atoms with Crippen LogP contribution in [0.15, 0.2) is 18.2 Å². The van der Waals surface area contributed by atoms with E-state index >= 15 is 0 Å². The van der Waals surface area contributed by atoms with Gasteiger partial charge in [-0.1, -0.05) is 6.07 Å². The Kier molecular flexibility index (Phi) is 2.25. The van der Waals surface area contributed by atoms with Crippen LogP contribution < -0.4 is 5.73 Å². The van der Waals surface area contributed by atoms with Gasteiger partial charge in [-0.05, 0) is 37.6 Å². The number of hydrogen-bond donors (Lipinski definition) is 2. The van der Waals surface area contributed by atoms with Crippen molar-refractivity contribution in [3.63, 3.8) is 0 Å². The zero-order valence-electron chi connectivity index (χ0n) is 8.10. The monoisotopic (exact) mass is 192 g/mol. The molecule has 1 aromatic heterocycles. The molecule has 74 valence electrons. The van der Waals surface area contributed by atoms with Crippen molar-refractivity contribution in [2.45, 2.75) is 13.3 Å². The number of aryl methyl sites for hydroxylation is 1. The Balaban J connectivity index is 2.73. The predicted molar refractivity (Wildman–Crippen MR) is 55.8 cm³/mol. The van der Waals surface area contributed by atoms with Crippen LogP contribution in [0.3, 0.4) is 0 Å². The molecular weight excluding hydrogens is 179 g/mol. The topological polar surface area (TPSA) is 41.8 Å². The van der Waals surface area contributed by atoms with Gasteiger partial charge in [0.05, 0.1) is 0 Å². The van der Waals surface area contributed by atoms with Gasteiger partial charge in [0, 0.05) is 16.6 Å². The Bertz CT molecular complexity index is 460. The third-order valence-electron chi connectivity index (χ3n) is 2.48. The minimum absolute atomic E-state index is 0.171. The molecule has 1 aromatic carbocycles. The summed E-state index contributed by atoms with van der Waals surface area (Å²) in [5.74, 6) is -0.171. The maximum absolute atomic E-state index is 13.5. The van der Waals surface area contributed by atoms with Crippen molar-refractivity contribution in [1.29, 1.82) is 0 Å². The highest BCUT2D eigenvalue weighted by Gasteiger charge is 2.10. The SMILES string of the molecule is Cc1[nH]c2cccc(F)c2c1CCN. The van der Waals surface area contributed by atoms with Crippen molar-refractivity contribution in [2.75, 3.05) is 6.54 Å². The Morgan fingerprint density at radius 1 is 1.43 bits per heavy atom. The molecule has 3 N–H and O–H groups in total. The number of aromatic amines is 1. The van der Waals surface area contributed by atoms with E-state index < -0.39 is 0 Å². The second kappa shape index (κ2) is 3.42. The summed E-state index contributed by atoms with van der Waals surface area (Å²) in [4.78, 5) is 3.16. The van der Waals surface area contributed by atoms with E-state index in [4.69, 9.17) is 5.73 Å². The minimum atomic E-state index is -0.171. The van der Waals surface area contributed by atoms with E-state index in [0.717, 1.165) is 16.8 Å². The molecule has 0 aliphatic heterocycles. The molecule has 1 heterocycles. The summed E-state index contributed by atoms with van der Waals surface area (Å²) < 4.78 is 13.5. The number of halogens is 1. The molecule has 2 aromatic rings. The van der Waals surface area contributed by atoms with Gasteiger partial charge in [0.1, 0.15) is 5.82 Å². The molecular formula is C11H13FN2. The first-order chi connectivity index (χ1) is 6.74. The minimum Gasteiger partial charge on any atom is -0.358 e. The average molecular weight is 192 g/mol. The highest BCUT2D eigenvalue weighted by atomic mass is 19.1. The van der Waals surface area contributed by atoms with E-state index in [1.807, 2.05) is 13.0 Å². The molecule has 3 heteroatoms. The number of H-pyrrole nitrogens is 1. The highest BCUT2D eigenvalue weighted by molar-refractivity contribution is 5.85. The molecule has 0 aliphatic carbocycles. The van der Waals surface area contributed by atoms with Gasteiger partial charge in [-0.3, -0.25) is 0 Å². The number of hydrogen-bond acceptors (Lipinski definition) is 1. The number of nitrogens with one attached hydrogen (secondary N) is 1. The fourth-order valence-electron chi connectivity index (χ4n) is 1.86. The van der Waals surface area contributed by atoms with Crippen molar-refractivity contribution in [3.05, 3.63) is 35.3 Å². The summed E-state index contributed by atoms with van der Waals surface area (Å²) >= 11 is 0. The first-order valence-corrected chi connectivity index (χ1v) is 4.69. The molecule has 14 heavy (non-hydrogen) atoms. The Hall–Kier alpha value is -1.35. The van der Waals surface area contributed by atoms with Gasteiger partial charge in [0.25, 0.3) is 0 Å². The van der Waals surface area contributed by atoms with E-state index in [0.29, 0.717) is 18.4 Å². The van der Waals surface area contributed by atoms with E-state index in [2.05, 4.69) is 4.98 Å². The van der Waals surface area contributed by atoms with E-state index in [9.17, 15) is 4.39 Å². The maximum atomic E-state index is 13.5. The maximum Gasteiger partial charge on any atom is 0.132 e. The molecule has 0 atom stereocenters. The van der Waals surface area contributed by atoms with Crippen molar-refractivity contribution in [3.8, 4) is 0 Å². The van der Waals surface area contributed by atoms with Crippen LogP contribution in [0.2, 0.25) is 0 Å². The van der Waals surface area contributed by atoms with Crippen molar-refractivity contribution in [2.24, 2.45) is 5.73 Å². The zero-order chi connectivity index (χ0) is 10.1. The molecule has 0 unspecified atom stereocenters. The fraction of sp³-hybridized carbons (Fsp3) is 0.273. The molecule has 0 spiro atoms. The summed E-state index contributed by atoms with van der Waals surface area (Å²) in [5, 5.41) is 0.690. The average Bonchev–Trinajstić information content (AvgIpc) is 2.45. The van der Waals surface area contributed by atoms with Crippen LogP contribution in [0, 0.1) is 12.7 Å². The summed E-state index contributed by atoms with van der Waals surface area (Å²) in [6.07, 6.45) is 0.715. The second-order valence-corrected chi connectivity index (χ2v) is 3.43. The summed E-state index contributed by atoms with van der Waals surface area (Å²) in [5.41, 5.74) is 8.36. The smallest absolute Gasteiger partial charge is 0.132 e. The lowest BCUT2D eigenvalue weighted by Gasteiger charge is -1.98. The van der Waals surface area contributed by atoms with E-state index in [1.165, 1.54) is 6.07 Å². The molecule has 0 radical (unpaired) electrons. The van der Waals surface area contributed by atoms with Gasteiger partial charge < -0.3 is 10.7 Å². The van der Waals surface area contributed by atoms with Crippen LogP contribution in [0.4, 0.5) is 4.39 Å². The van der Waals surface area contributed by atoms with Crippen molar-refractivity contribution >= 4 is 10.9 Å². The molecule has 2 nitrogen and oxygen atoms in total. The quantitative estimate of drug-likeness (QED) is 0.751.